The van der Waals surface area contributed by atoms with Crippen LogP contribution in [0.5, 0.6) is 0 Å². The minimum atomic E-state index is -1.14. The van der Waals surface area contributed by atoms with Crippen LogP contribution >= 0.6 is 0 Å². The third-order valence-electron chi connectivity index (χ3n) is 2.40. The number of rotatable bonds is 5. The Hall–Kier alpha value is -0.240. The maximum atomic E-state index is 9.75. The van der Waals surface area contributed by atoms with Gasteiger partial charge in [-0.2, -0.15) is 0 Å². The smallest absolute Gasteiger partial charge is 0.186 e. The van der Waals surface area contributed by atoms with Crippen LogP contribution in [0.15, 0.2) is 0 Å². The molecule has 0 aliphatic carbocycles. The van der Waals surface area contributed by atoms with Crippen LogP contribution in [-0.2, 0) is 14.2 Å². The third-order valence-corrected chi connectivity index (χ3v) is 2.40. The lowest BCUT2D eigenvalue weighted by atomic mass is 10.1. The molecule has 0 bridgehead atoms. The van der Waals surface area contributed by atoms with Crippen molar-refractivity contribution in [1.29, 1.82) is 0 Å². The molecule has 1 rings (SSSR count). The normalized spacial score (nSPS) is 38.2. The van der Waals surface area contributed by atoms with Crippen molar-refractivity contribution in [2.24, 2.45) is 0 Å². The molecule has 6 heteroatoms. The molecular weight excluding hydrogens is 204 g/mol. The Bertz CT molecular complexity index is 185. The molecule has 15 heavy (non-hydrogen) atoms. The molecule has 0 aromatic carbocycles. The van der Waals surface area contributed by atoms with Gasteiger partial charge in [0, 0.05) is 13.7 Å². The lowest BCUT2D eigenvalue weighted by molar-refractivity contribution is -0.182. The van der Waals surface area contributed by atoms with Crippen LogP contribution < -0.4 is 0 Å². The van der Waals surface area contributed by atoms with Crippen LogP contribution in [0.4, 0.5) is 0 Å². The first-order chi connectivity index (χ1) is 7.15. The molecule has 0 aromatic heterocycles. The molecule has 90 valence electrons. The van der Waals surface area contributed by atoms with Crippen molar-refractivity contribution in [2.75, 3.05) is 20.3 Å². The highest BCUT2D eigenvalue weighted by Crippen LogP contribution is 2.26. The Morgan fingerprint density at radius 1 is 1.47 bits per heavy atom. The van der Waals surface area contributed by atoms with Gasteiger partial charge in [-0.15, -0.1) is 0 Å². The lowest BCUT2D eigenvalue weighted by Gasteiger charge is -2.19. The summed E-state index contributed by atoms with van der Waals surface area (Å²) in [6, 6.07) is 0. The molecule has 3 N–H and O–H groups in total. The van der Waals surface area contributed by atoms with Crippen LogP contribution in [0.1, 0.15) is 6.92 Å². The highest BCUT2D eigenvalue weighted by molar-refractivity contribution is 4.91. The summed E-state index contributed by atoms with van der Waals surface area (Å²) in [5, 5.41) is 27.9. The topological polar surface area (TPSA) is 88.4 Å². The van der Waals surface area contributed by atoms with Crippen molar-refractivity contribution in [1.82, 2.24) is 0 Å². The molecule has 6 nitrogen and oxygen atoms in total. The third kappa shape index (κ3) is 2.66. The van der Waals surface area contributed by atoms with Gasteiger partial charge in [0.25, 0.3) is 0 Å². The number of ether oxygens (including phenoxy) is 3. The summed E-state index contributed by atoms with van der Waals surface area (Å²) in [7, 11) is 1.43. The summed E-state index contributed by atoms with van der Waals surface area (Å²) in [6.45, 7) is 1.73. The van der Waals surface area contributed by atoms with E-state index in [0.717, 1.165) is 0 Å². The second-order valence-corrected chi connectivity index (χ2v) is 3.37. The Kier molecular flexibility index (Phi) is 4.91. The van der Waals surface area contributed by atoms with E-state index in [0.29, 0.717) is 6.61 Å². The summed E-state index contributed by atoms with van der Waals surface area (Å²) < 4.78 is 15.5. The van der Waals surface area contributed by atoms with Crippen molar-refractivity contribution >= 4 is 0 Å². The quantitative estimate of drug-likeness (QED) is 0.523. The van der Waals surface area contributed by atoms with Gasteiger partial charge in [-0.1, -0.05) is 0 Å². The average Bonchev–Trinajstić information content (AvgIpc) is 2.55. The van der Waals surface area contributed by atoms with Crippen molar-refractivity contribution in [3.8, 4) is 0 Å². The molecule has 0 aromatic rings. The highest BCUT2D eigenvalue weighted by Gasteiger charge is 2.47. The number of aliphatic hydroxyl groups is 3. The van der Waals surface area contributed by atoms with Crippen LogP contribution in [0.25, 0.3) is 0 Å². The van der Waals surface area contributed by atoms with E-state index in [1.807, 2.05) is 0 Å². The molecule has 1 aliphatic heterocycles. The van der Waals surface area contributed by atoms with Gasteiger partial charge < -0.3 is 29.5 Å². The van der Waals surface area contributed by atoms with E-state index in [1.165, 1.54) is 7.11 Å². The van der Waals surface area contributed by atoms with E-state index < -0.39 is 37.3 Å². The van der Waals surface area contributed by atoms with E-state index >= 15 is 0 Å². The largest absolute Gasteiger partial charge is 0.394 e. The number of aliphatic hydroxyl groups excluding tert-OH is 3. The Morgan fingerprint density at radius 3 is 2.60 bits per heavy atom. The van der Waals surface area contributed by atoms with Crippen molar-refractivity contribution in [3.63, 3.8) is 0 Å². The van der Waals surface area contributed by atoms with E-state index in [9.17, 15) is 10.2 Å². The Balaban J connectivity index is 2.64. The molecule has 1 saturated heterocycles. The molecule has 0 amide bonds. The monoisotopic (exact) mass is 222 g/mol. The van der Waals surface area contributed by atoms with Crippen molar-refractivity contribution in [3.05, 3.63) is 0 Å². The van der Waals surface area contributed by atoms with Gasteiger partial charge in [0.05, 0.1) is 6.61 Å². The summed E-state index contributed by atoms with van der Waals surface area (Å²) in [5.41, 5.74) is 0. The second-order valence-electron chi connectivity index (χ2n) is 3.37. The SMILES string of the molecule is CCOC1O[C@H]([C@H](O)CO)[C@H](O)[C@H]1OC. The van der Waals surface area contributed by atoms with E-state index in [-0.39, 0.29) is 0 Å². The van der Waals surface area contributed by atoms with Gasteiger partial charge in [-0.3, -0.25) is 0 Å². The molecule has 0 spiro atoms. The molecule has 1 unspecified atom stereocenters. The zero-order valence-electron chi connectivity index (χ0n) is 8.87. The van der Waals surface area contributed by atoms with Gasteiger partial charge in [-0.25, -0.2) is 0 Å². The minimum Gasteiger partial charge on any atom is -0.394 e. The van der Waals surface area contributed by atoms with E-state index in [2.05, 4.69) is 0 Å². The fraction of sp³-hybridized carbons (Fsp3) is 1.00. The molecular formula is C9H18O6. The van der Waals surface area contributed by atoms with Crippen molar-refractivity contribution in [2.45, 2.75) is 37.6 Å². The zero-order chi connectivity index (χ0) is 11.4. The molecule has 5 atom stereocenters. The summed E-state index contributed by atoms with van der Waals surface area (Å²) in [6.07, 6.45) is -4.37. The maximum Gasteiger partial charge on any atom is 0.186 e. The van der Waals surface area contributed by atoms with Gasteiger partial charge in [0.1, 0.15) is 24.4 Å². The molecule has 1 heterocycles. The first kappa shape index (κ1) is 12.8. The first-order valence-corrected chi connectivity index (χ1v) is 4.92. The van der Waals surface area contributed by atoms with Gasteiger partial charge in [0.2, 0.25) is 0 Å². The minimum absolute atomic E-state index is 0.416. The molecule has 0 radical (unpaired) electrons. The first-order valence-electron chi connectivity index (χ1n) is 4.92. The predicted octanol–water partition coefficient (Wildman–Crippen LogP) is -1.52. The second kappa shape index (κ2) is 5.74. The van der Waals surface area contributed by atoms with E-state index in [4.69, 9.17) is 19.3 Å². The number of hydrogen-bond acceptors (Lipinski definition) is 6. The fourth-order valence-corrected chi connectivity index (χ4v) is 1.63. The van der Waals surface area contributed by atoms with Crippen LogP contribution in [-0.4, -0.2) is 66.3 Å². The van der Waals surface area contributed by atoms with Crippen LogP contribution in [0, 0.1) is 0 Å². The summed E-state index contributed by atoms with van der Waals surface area (Å²) in [5.74, 6) is 0. The zero-order valence-corrected chi connectivity index (χ0v) is 8.87. The van der Waals surface area contributed by atoms with Crippen LogP contribution in [0.2, 0.25) is 0 Å². The number of hydrogen-bond donors (Lipinski definition) is 3. The Morgan fingerprint density at radius 2 is 2.13 bits per heavy atom. The fourth-order valence-electron chi connectivity index (χ4n) is 1.63. The average molecular weight is 222 g/mol. The summed E-state index contributed by atoms with van der Waals surface area (Å²) in [4.78, 5) is 0. The highest BCUT2D eigenvalue weighted by atomic mass is 16.7. The lowest BCUT2D eigenvalue weighted by Crippen LogP contribution is -2.41. The Labute approximate surface area is 88.4 Å². The van der Waals surface area contributed by atoms with Gasteiger partial charge in [-0.05, 0) is 6.92 Å². The summed E-state index contributed by atoms with van der Waals surface area (Å²) >= 11 is 0. The standard InChI is InChI=1S/C9H18O6/c1-3-14-9-8(13-2)6(12)7(15-9)5(11)4-10/h5-12H,3-4H2,1-2H3/t5-,6+,7-,8-,9?/m1/s1. The number of methoxy groups -OCH3 is 1. The van der Waals surface area contributed by atoms with Crippen LogP contribution in [0.3, 0.4) is 0 Å². The van der Waals surface area contributed by atoms with Crippen molar-refractivity contribution < 1.29 is 29.5 Å². The van der Waals surface area contributed by atoms with E-state index in [1.54, 1.807) is 6.92 Å². The molecule has 1 aliphatic rings. The molecule has 0 saturated carbocycles. The molecule has 1 fully saturated rings. The maximum absolute atomic E-state index is 9.75. The van der Waals surface area contributed by atoms with Gasteiger partial charge >= 0.3 is 0 Å². The van der Waals surface area contributed by atoms with Gasteiger partial charge in [0.15, 0.2) is 6.29 Å². The predicted molar refractivity (Wildman–Crippen MR) is 50.2 cm³/mol.